The first kappa shape index (κ1) is 23.0. The molecule has 0 radical (unpaired) electrons. The van der Waals surface area contributed by atoms with Gasteiger partial charge in [0.15, 0.2) is 5.13 Å². The van der Waals surface area contributed by atoms with Crippen LogP contribution in [0.25, 0.3) is 11.3 Å². The second-order valence-electron chi connectivity index (χ2n) is 7.29. The number of sulfonamides is 1. The van der Waals surface area contributed by atoms with Crippen molar-refractivity contribution in [3.63, 3.8) is 0 Å². The summed E-state index contributed by atoms with van der Waals surface area (Å²) in [7, 11) is -0.260. The van der Waals surface area contributed by atoms with Crippen molar-refractivity contribution in [2.24, 2.45) is 0 Å². The van der Waals surface area contributed by atoms with E-state index in [0.717, 1.165) is 22.0 Å². The highest BCUT2D eigenvalue weighted by Gasteiger charge is 2.29. The minimum absolute atomic E-state index is 0.333. The van der Waals surface area contributed by atoms with Crippen LogP contribution in [0.2, 0.25) is 0 Å². The molecule has 1 fully saturated rings. The van der Waals surface area contributed by atoms with E-state index in [-0.39, 0.29) is 0 Å². The lowest BCUT2D eigenvalue weighted by Crippen LogP contribution is -2.48. The van der Waals surface area contributed by atoms with E-state index in [2.05, 4.69) is 20.8 Å². The summed E-state index contributed by atoms with van der Waals surface area (Å²) < 4.78 is 38.3. The number of ether oxygens (including phenoxy) is 2. The predicted molar refractivity (Wildman–Crippen MR) is 131 cm³/mol. The van der Waals surface area contributed by atoms with Gasteiger partial charge in [-0.05, 0) is 29.8 Å². The van der Waals surface area contributed by atoms with Gasteiger partial charge in [0.1, 0.15) is 11.5 Å². The molecule has 0 atom stereocenters. The minimum atomic E-state index is -3.50. The molecule has 0 aliphatic carbocycles. The molecule has 2 aromatic carbocycles. The van der Waals surface area contributed by atoms with E-state index in [0.29, 0.717) is 47.9 Å². The number of thiazole rings is 1. The third-order valence-electron chi connectivity index (χ3n) is 5.36. The number of rotatable bonds is 7. The first-order chi connectivity index (χ1) is 15.4. The van der Waals surface area contributed by atoms with Crippen molar-refractivity contribution < 1.29 is 17.9 Å². The summed E-state index contributed by atoms with van der Waals surface area (Å²) in [5, 5.41) is 3.57. The zero-order valence-electron chi connectivity index (χ0n) is 17.8. The molecule has 1 aliphatic rings. The average Bonchev–Trinajstić information content (AvgIpc) is 3.34. The monoisotopic (exact) mass is 537 g/mol. The number of benzene rings is 2. The van der Waals surface area contributed by atoms with Crippen LogP contribution in [0.3, 0.4) is 0 Å². The Balaban J connectivity index is 1.45. The van der Waals surface area contributed by atoms with Crippen LogP contribution >= 0.6 is 27.3 Å². The van der Waals surface area contributed by atoms with Crippen molar-refractivity contribution in [2.45, 2.75) is 10.2 Å². The molecule has 7 nitrogen and oxygen atoms in total. The fraction of sp³-hybridized carbons (Fsp3) is 0.318. The number of halogens is 1. The first-order valence-corrected chi connectivity index (χ1v) is 13.5. The molecule has 2 heterocycles. The second kappa shape index (κ2) is 9.78. The Labute approximate surface area is 200 Å². The zero-order valence-corrected chi connectivity index (χ0v) is 21.0. The molecule has 0 saturated carbocycles. The van der Waals surface area contributed by atoms with Gasteiger partial charge in [0.05, 0.1) is 24.8 Å². The van der Waals surface area contributed by atoms with E-state index in [1.54, 1.807) is 42.0 Å². The van der Waals surface area contributed by atoms with E-state index in [9.17, 15) is 8.42 Å². The molecule has 170 valence electrons. The summed E-state index contributed by atoms with van der Waals surface area (Å²) in [5.41, 5.74) is 2.79. The van der Waals surface area contributed by atoms with Gasteiger partial charge in [0.25, 0.3) is 0 Å². The Morgan fingerprint density at radius 1 is 1.00 bits per heavy atom. The number of hydrogen-bond acceptors (Lipinski definition) is 7. The molecule has 32 heavy (non-hydrogen) atoms. The third-order valence-corrected chi connectivity index (χ3v) is 8.83. The number of piperazine rings is 1. The van der Waals surface area contributed by atoms with Crippen molar-refractivity contribution in [2.75, 3.05) is 45.3 Å². The van der Waals surface area contributed by atoms with Crippen molar-refractivity contribution >= 4 is 42.4 Å². The highest BCUT2D eigenvalue weighted by Crippen LogP contribution is 2.33. The van der Waals surface area contributed by atoms with E-state index in [1.807, 2.05) is 35.7 Å². The fourth-order valence-electron chi connectivity index (χ4n) is 3.52. The maximum Gasteiger partial charge on any atom is 0.243 e. The second-order valence-corrected chi connectivity index (χ2v) is 10.6. The smallest absolute Gasteiger partial charge is 0.243 e. The number of nitrogens with zero attached hydrogens (tertiary/aromatic N) is 3. The molecule has 1 aliphatic heterocycles. The molecular weight excluding hydrogens is 514 g/mol. The summed E-state index contributed by atoms with van der Waals surface area (Å²) >= 11 is 4.93. The van der Waals surface area contributed by atoms with E-state index in [4.69, 9.17) is 14.5 Å². The van der Waals surface area contributed by atoms with E-state index in [1.165, 1.54) is 0 Å². The van der Waals surface area contributed by atoms with Crippen LogP contribution in [-0.2, 0) is 15.4 Å². The van der Waals surface area contributed by atoms with Crippen LogP contribution in [0.1, 0.15) is 5.56 Å². The van der Waals surface area contributed by atoms with Crippen LogP contribution < -0.4 is 14.4 Å². The van der Waals surface area contributed by atoms with Gasteiger partial charge < -0.3 is 14.4 Å². The van der Waals surface area contributed by atoms with Gasteiger partial charge in [-0.3, -0.25) is 0 Å². The Bertz CT molecular complexity index is 1150. The van der Waals surface area contributed by atoms with Crippen molar-refractivity contribution in [1.82, 2.24) is 9.29 Å². The van der Waals surface area contributed by atoms with Crippen LogP contribution in [0.4, 0.5) is 5.13 Å². The first-order valence-electron chi connectivity index (χ1n) is 10.0. The number of alkyl halides is 1. The molecule has 0 bridgehead atoms. The Morgan fingerprint density at radius 2 is 1.62 bits per heavy atom. The van der Waals surface area contributed by atoms with Gasteiger partial charge in [-0.15, -0.1) is 11.3 Å². The molecule has 10 heteroatoms. The van der Waals surface area contributed by atoms with Crippen LogP contribution in [0.15, 0.2) is 52.7 Å². The summed E-state index contributed by atoms with van der Waals surface area (Å²) in [4.78, 5) is 7.24. The highest BCUT2D eigenvalue weighted by atomic mass is 79.9. The van der Waals surface area contributed by atoms with Crippen LogP contribution in [0.5, 0.6) is 11.5 Å². The van der Waals surface area contributed by atoms with Gasteiger partial charge >= 0.3 is 0 Å². The molecular formula is C22H24BrN3O4S2. The summed E-state index contributed by atoms with van der Waals surface area (Å²) in [6.07, 6.45) is 0. The van der Waals surface area contributed by atoms with Crippen LogP contribution in [-0.4, -0.2) is 58.1 Å². The summed E-state index contributed by atoms with van der Waals surface area (Å²) in [6.45, 7) is 2.02. The highest BCUT2D eigenvalue weighted by molar-refractivity contribution is 9.08. The van der Waals surface area contributed by atoms with Crippen molar-refractivity contribution in [1.29, 1.82) is 0 Å². The summed E-state index contributed by atoms with van der Waals surface area (Å²) in [5.74, 6) is 1.41. The van der Waals surface area contributed by atoms with Gasteiger partial charge in [0, 0.05) is 48.5 Å². The standard InChI is InChI=1S/C22H24BrN3O4S2/c1-29-18-11-17(12-19(13-18)30-2)21-15-31-22(24-21)25-7-9-26(10-8-25)32(27,28)20-5-3-16(14-23)4-6-20/h3-6,11-13,15H,7-10,14H2,1-2H3. The lowest BCUT2D eigenvalue weighted by Gasteiger charge is -2.33. The van der Waals surface area contributed by atoms with Gasteiger partial charge in [-0.25, -0.2) is 13.4 Å². The largest absolute Gasteiger partial charge is 0.497 e. The third kappa shape index (κ3) is 4.78. The van der Waals surface area contributed by atoms with Gasteiger partial charge in [0.2, 0.25) is 10.0 Å². The predicted octanol–water partition coefficient (Wildman–Crippen LogP) is 4.23. The topological polar surface area (TPSA) is 72.0 Å². The minimum Gasteiger partial charge on any atom is -0.497 e. The molecule has 0 unspecified atom stereocenters. The SMILES string of the molecule is COc1cc(OC)cc(-c2csc(N3CCN(S(=O)(=O)c4ccc(CBr)cc4)CC3)n2)c1. The molecule has 0 N–H and O–H groups in total. The normalized spacial score (nSPS) is 15.0. The van der Waals surface area contributed by atoms with Crippen LogP contribution in [0, 0.1) is 0 Å². The lowest BCUT2D eigenvalue weighted by atomic mass is 10.1. The molecule has 3 aromatic rings. The Morgan fingerprint density at radius 3 is 2.19 bits per heavy atom. The quantitative estimate of drug-likeness (QED) is 0.420. The Hall–Kier alpha value is -2.14. The molecule has 1 saturated heterocycles. The summed E-state index contributed by atoms with van der Waals surface area (Å²) in [6, 6.07) is 12.7. The van der Waals surface area contributed by atoms with E-state index < -0.39 is 10.0 Å². The molecule has 1 aromatic heterocycles. The number of aromatic nitrogens is 1. The lowest BCUT2D eigenvalue weighted by molar-refractivity contribution is 0.385. The van der Waals surface area contributed by atoms with E-state index >= 15 is 0 Å². The fourth-order valence-corrected chi connectivity index (χ4v) is 6.20. The van der Waals surface area contributed by atoms with Gasteiger partial charge in [-0.2, -0.15) is 4.31 Å². The molecule has 0 amide bonds. The van der Waals surface area contributed by atoms with Crippen molar-refractivity contribution in [3.8, 4) is 22.8 Å². The zero-order chi connectivity index (χ0) is 22.7. The number of hydrogen-bond donors (Lipinski definition) is 0. The maximum absolute atomic E-state index is 13.0. The van der Waals surface area contributed by atoms with Gasteiger partial charge in [-0.1, -0.05) is 28.1 Å². The molecule has 0 spiro atoms. The number of methoxy groups -OCH3 is 2. The molecule has 4 rings (SSSR count). The Kier molecular flexibility index (Phi) is 7.04. The maximum atomic E-state index is 13.0. The van der Waals surface area contributed by atoms with Crippen molar-refractivity contribution in [3.05, 3.63) is 53.4 Å². The average molecular weight is 538 g/mol. The number of anilines is 1.